The van der Waals surface area contributed by atoms with E-state index < -0.39 is 0 Å². The van der Waals surface area contributed by atoms with Gasteiger partial charge in [0.1, 0.15) is 0 Å². The van der Waals surface area contributed by atoms with Gasteiger partial charge < -0.3 is 5.32 Å². The van der Waals surface area contributed by atoms with Crippen molar-refractivity contribution in [3.63, 3.8) is 0 Å². The highest BCUT2D eigenvalue weighted by atomic mass is 15.1. The lowest BCUT2D eigenvalue weighted by molar-refractivity contribution is 0.210. The molecule has 0 fully saturated rings. The fraction of sp³-hybridized carbons (Fsp3) is 0.706. The van der Waals surface area contributed by atoms with Crippen LogP contribution in [0.2, 0.25) is 0 Å². The van der Waals surface area contributed by atoms with Crippen LogP contribution in [0.15, 0.2) is 18.2 Å². The fourth-order valence-corrected chi connectivity index (χ4v) is 2.59. The van der Waals surface area contributed by atoms with E-state index in [9.17, 15) is 0 Å². The summed E-state index contributed by atoms with van der Waals surface area (Å²) in [7, 11) is 2.06. The van der Waals surface area contributed by atoms with Gasteiger partial charge in [-0.1, -0.05) is 33.8 Å². The van der Waals surface area contributed by atoms with Crippen LogP contribution in [0, 0.1) is 12.3 Å². The van der Waals surface area contributed by atoms with Crippen molar-refractivity contribution in [3.05, 3.63) is 29.6 Å². The molecule has 1 N–H and O–H groups in total. The molecule has 0 bridgehead atoms. The van der Waals surface area contributed by atoms with E-state index in [0.29, 0.717) is 11.5 Å². The molecular formula is C17H31N3. The molecule has 0 spiro atoms. The zero-order chi connectivity index (χ0) is 15.2. The van der Waals surface area contributed by atoms with Gasteiger partial charge in [0.2, 0.25) is 0 Å². The van der Waals surface area contributed by atoms with Crippen molar-refractivity contribution >= 4 is 0 Å². The number of aromatic nitrogens is 1. The molecule has 1 aromatic rings. The number of rotatable bonds is 7. The Balaban J connectivity index is 2.55. The molecule has 3 nitrogen and oxygen atoms in total. The number of pyridine rings is 1. The van der Waals surface area contributed by atoms with Gasteiger partial charge in [0.25, 0.3) is 0 Å². The molecule has 20 heavy (non-hydrogen) atoms. The van der Waals surface area contributed by atoms with Crippen LogP contribution in [0.25, 0.3) is 0 Å². The summed E-state index contributed by atoms with van der Waals surface area (Å²) in [4.78, 5) is 7.07. The highest BCUT2D eigenvalue weighted by Crippen LogP contribution is 2.21. The van der Waals surface area contributed by atoms with E-state index in [2.05, 4.69) is 75.1 Å². The summed E-state index contributed by atoms with van der Waals surface area (Å²) in [6, 6.07) is 6.81. The second kappa shape index (κ2) is 7.75. The first-order valence-electron chi connectivity index (χ1n) is 7.69. The zero-order valence-electron chi connectivity index (χ0n) is 14.0. The maximum absolute atomic E-state index is 4.60. The van der Waals surface area contributed by atoms with E-state index in [1.807, 2.05) is 0 Å². The van der Waals surface area contributed by atoms with Crippen molar-refractivity contribution in [3.8, 4) is 0 Å². The Kier molecular flexibility index (Phi) is 6.63. The van der Waals surface area contributed by atoms with E-state index in [1.165, 1.54) is 12.1 Å². The van der Waals surface area contributed by atoms with Gasteiger partial charge in [-0.3, -0.25) is 9.88 Å². The van der Waals surface area contributed by atoms with E-state index in [0.717, 1.165) is 25.3 Å². The number of nitrogens with one attached hydrogen (secondary N) is 1. The van der Waals surface area contributed by atoms with Gasteiger partial charge in [-0.05, 0) is 44.5 Å². The van der Waals surface area contributed by atoms with Crippen molar-refractivity contribution in [2.24, 2.45) is 5.41 Å². The Morgan fingerprint density at radius 3 is 2.50 bits per heavy atom. The molecule has 1 unspecified atom stereocenters. The van der Waals surface area contributed by atoms with Gasteiger partial charge in [0.15, 0.2) is 0 Å². The second-order valence-corrected chi connectivity index (χ2v) is 6.64. The molecule has 0 aliphatic rings. The smallest absolute Gasteiger partial charge is 0.0547 e. The molecular weight excluding hydrogens is 246 g/mol. The number of aryl methyl sites for hydroxylation is 1. The van der Waals surface area contributed by atoms with Gasteiger partial charge in [0, 0.05) is 24.8 Å². The third-order valence-corrected chi connectivity index (χ3v) is 3.91. The van der Waals surface area contributed by atoms with Gasteiger partial charge >= 0.3 is 0 Å². The molecule has 1 heterocycles. The molecule has 0 saturated heterocycles. The third kappa shape index (κ3) is 5.59. The molecule has 114 valence electrons. The van der Waals surface area contributed by atoms with Gasteiger partial charge in [0.05, 0.1) is 5.69 Å². The first-order chi connectivity index (χ1) is 9.36. The highest BCUT2D eigenvalue weighted by Gasteiger charge is 2.23. The first-order valence-corrected chi connectivity index (χ1v) is 7.69. The van der Waals surface area contributed by atoms with E-state index >= 15 is 0 Å². The van der Waals surface area contributed by atoms with Gasteiger partial charge in [-0.15, -0.1) is 0 Å². The van der Waals surface area contributed by atoms with Crippen LogP contribution in [0.5, 0.6) is 0 Å². The van der Waals surface area contributed by atoms with Crippen molar-refractivity contribution < 1.29 is 0 Å². The Morgan fingerprint density at radius 1 is 1.30 bits per heavy atom. The average molecular weight is 277 g/mol. The second-order valence-electron chi connectivity index (χ2n) is 6.64. The molecule has 1 atom stereocenters. The van der Waals surface area contributed by atoms with Crippen LogP contribution in [0.4, 0.5) is 0 Å². The molecule has 1 aromatic heterocycles. The van der Waals surface area contributed by atoms with E-state index in [1.54, 1.807) is 0 Å². The van der Waals surface area contributed by atoms with Crippen LogP contribution in [0.1, 0.15) is 45.5 Å². The summed E-state index contributed by atoms with van der Waals surface area (Å²) in [6.07, 6.45) is 1.17. The van der Waals surface area contributed by atoms with E-state index in [-0.39, 0.29) is 0 Å². The molecule has 3 heteroatoms. The summed E-state index contributed by atoms with van der Waals surface area (Å²) < 4.78 is 0. The lowest BCUT2D eigenvalue weighted by Gasteiger charge is -2.32. The largest absolute Gasteiger partial charge is 0.316 e. The molecule has 0 radical (unpaired) electrons. The fourth-order valence-electron chi connectivity index (χ4n) is 2.59. The predicted octanol–water partition coefficient (Wildman–Crippen LogP) is 3.24. The molecule has 1 rings (SSSR count). The Morgan fingerprint density at radius 2 is 2.00 bits per heavy atom. The van der Waals surface area contributed by atoms with Crippen molar-refractivity contribution in [2.45, 2.75) is 53.6 Å². The summed E-state index contributed by atoms with van der Waals surface area (Å²) >= 11 is 0. The SMILES string of the molecule is CCN(CCC(NC)C(C)(C)C)Cc1cccc(C)n1. The molecule has 0 aliphatic heterocycles. The molecule has 0 aliphatic carbocycles. The standard InChI is InChI=1S/C17H31N3/c1-7-20(12-11-16(18-6)17(3,4)5)13-15-10-8-9-14(2)19-15/h8-10,16,18H,7,11-13H2,1-6H3. The number of hydrogen-bond acceptors (Lipinski definition) is 3. The molecule has 0 amide bonds. The quantitative estimate of drug-likeness (QED) is 0.829. The summed E-state index contributed by atoms with van der Waals surface area (Å²) in [5, 5.41) is 3.45. The monoisotopic (exact) mass is 277 g/mol. The lowest BCUT2D eigenvalue weighted by Crippen LogP contribution is -2.41. The minimum absolute atomic E-state index is 0.301. The Labute approximate surface area is 124 Å². The first kappa shape index (κ1) is 17.1. The summed E-state index contributed by atoms with van der Waals surface area (Å²) in [6.45, 7) is 14.3. The van der Waals surface area contributed by atoms with Crippen LogP contribution in [-0.4, -0.2) is 36.1 Å². The Hall–Kier alpha value is -0.930. The summed E-state index contributed by atoms with van der Waals surface area (Å²) in [5.74, 6) is 0. The molecule has 0 aromatic carbocycles. The maximum atomic E-state index is 4.60. The van der Waals surface area contributed by atoms with Crippen LogP contribution in [-0.2, 0) is 6.54 Å². The third-order valence-electron chi connectivity index (χ3n) is 3.91. The van der Waals surface area contributed by atoms with Gasteiger partial charge in [-0.25, -0.2) is 0 Å². The minimum atomic E-state index is 0.301. The highest BCUT2D eigenvalue weighted by molar-refractivity contribution is 5.09. The predicted molar refractivity (Wildman–Crippen MR) is 86.8 cm³/mol. The van der Waals surface area contributed by atoms with Crippen molar-refractivity contribution in [1.29, 1.82) is 0 Å². The topological polar surface area (TPSA) is 28.2 Å². The minimum Gasteiger partial charge on any atom is -0.316 e. The van der Waals surface area contributed by atoms with Crippen LogP contribution in [0.3, 0.4) is 0 Å². The summed E-state index contributed by atoms with van der Waals surface area (Å²) in [5.41, 5.74) is 2.57. The van der Waals surface area contributed by atoms with E-state index in [4.69, 9.17) is 0 Å². The lowest BCUT2D eigenvalue weighted by atomic mass is 9.85. The maximum Gasteiger partial charge on any atom is 0.0547 e. The normalized spacial score (nSPS) is 13.8. The van der Waals surface area contributed by atoms with Crippen LogP contribution < -0.4 is 5.32 Å². The van der Waals surface area contributed by atoms with Crippen LogP contribution >= 0.6 is 0 Å². The average Bonchev–Trinajstić information content (AvgIpc) is 2.36. The van der Waals surface area contributed by atoms with Crippen molar-refractivity contribution in [1.82, 2.24) is 15.2 Å². The molecule has 0 saturated carbocycles. The Bertz CT molecular complexity index is 395. The number of hydrogen-bond donors (Lipinski definition) is 1. The number of nitrogens with zero attached hydrogens (tertiary/aromatic N) is 2. The van der Waals surface area contributed by atoms with Gasteiger partial charge in [-0.2, -0.15) is 0 Å². The van der Waals surface area contributed by atoms with Crippen molar-refractivity contribution in [2.75, 3.05) is 20.1 Å². The zero-order valence-corrected chi connectivity index (χ0v) is 14.0.